The van der Waals surface area contributed by atoms with E-state index in [-0.39, 0.29) is 0 Å². The molecule has 2 aromatic carbocycles. The Hall–Kier alpha value is -1.82. The Morgan fingerprint density at radius 3 is 1.88 bits per heavy atom. The van der Waals surface area contributed by atoms with Gasteiger partial charge in [0.15, 0.2) is 0 Å². The summed E-state index contributed by atoms with van der Waals surface area (Å²) in [5.41, 5.74) is 12.5. The standard InChI is InChI=1S/C34H48/c1-5-7-9-11-13-15-21-34(22-16-14-12-10-8-6-2)24-31-27(4)18-20-29-28-19-17-26(3)23-30(28)32(25-34)33(29)31/h17-20,23,25H,5-16,21-22,24H2,1-4H3. The molecule has 0 fully saturated rings. The average Bonchev–Trinajstić information content (AvgIpc) is 3.14. The van der Waals surface area contributed by atoms with Crippen LogP contribution < -0.4 is 0 Å². The summed E-state index contributed by atoms with van der Waals surface area (Å²) in [7, 11) is 0. The number of aryl methyl sites for hydroxylation is 2. The highest BCUT2D eigenvalue weighted by Crippen LogP contribution is 2.54. The van der Waals surface area contributed by atoms with Crippen molar-refractivity contribution in [2.75, 3.05) is 0 Å². The predicted octanol–water partition coefficient (Wildman–Crippen LogP) is 10.8. The number of unbranched alkanes of at least 4 members (excludes halogenated alkanes) is 10. The number of benzene rings is 2. The lowest BCUT2D eigenvalue weighted by Crippen LogP contribution is -2.26. The first kappa shape index (κ1) is 25.3. The van der Waals surface area contributed by atoms with E-state index in [0.717, 1.165) is 0 Å². The van der Waals surface area contributed by atoms with E-state index < -0.39 is 0 Å². The monoisotopic (exact) mass is 456 g/mol. The van der Waals surface area contributed by atoms with Crippen LogP contribution in [-0.2, 0) is 6.42 Å². The zero-order valence-corrected chi connectivity index (χ0v) is 22.6. The molecule has 0 saturated heterocycles. The smallest absolute Gasteiger partial charge is 0.00669 e. The number of fused-ring (bicyclic) bond motifs is 3. The van der Waals surface area contributed by atoms with Crippen molar-refractivity contribution in [1.29, 1.82) is 0 Å². The summed E-state index contributed by atoms with van der Waals surface area (Å²) in [4.78, 5) is 0. The van der Waals surface area contributed by atoms with Gasteiger partial charge in [-0.3, -0.25) is 0 Å². The minimum Gasteiger partial charge on any atom is -0.0694 e. The van der Waals surface area contributed by atoms with Gasteiger partial charge in [-0.2, -0.15) is 0 Å². The molecule has 2 aliphatic rings. The van der Waals surface area contributed by atoms with Gasteiger partial charge in [-0.15, -0.1) is 0 Å². The summed E-state index contributed by atoms with van der Waals surface area (Å²) in [6, 6.07) is 11.9. The van der Waals surface area contributed by atoms with Gasteiger partial charge in [-0.05, 0) is 77.5 Å². The zero-order valence-electron chi connectivity index (χ0n) is 22.6. The van der Waals surface area contributed by atoms with Crippen LogP contribution in [0.1, 0.15) is 132 Å². The lowest BCUT2D eigenvalue weighted by Gasteiger charge is -2.37. The van der Waals surface area contributed by atoms with E-state index in [1.807, 2.05) is 0 Å². The van der Waals surface area contributed by atoms with E-state index in [0.29, 0.717) is 5.41 Å². The van der Waals surface area contributed by atoms with Crippen molar-refractivity contribution in [3.8, 4) is 11.1 Å². The average molecular weight is 457 g/mol. The highest BCUT2D eigenvalue weighted by molar-refractivity contribution is 6.03. The molecule has 0 heteroatoms. The normalized spacial score (nSPS) is 15.2. The summed E-state index contributed by atoms with van der Waals surface area (Å²) in [6.07, 6.45) is 23.5. The molecule has 2 aliphatic carbocycles. The van der Waals surface area contributed by atoms with Gasteiger partial charge in [0.1, 0.15) is 0 Å². The molecule has 4 rings (SSSR count). The third-order valence-electron chi connectivity index (χ3n) is 8.61. The summed E-state index contributed by atoms with van der Waals surface area (Å²) >= 11 is 0. The largest absolute Gasteiger partial charge is 0.0694 e. The Balaban J connectivity index is 1.61. The number of hydrogen-bond donors (Lipinski definition) is 0. The molecule has 0 nitrogen and oxygen atoms in total. The van der Waals surface area contributed by atoms with Crippen LogP contribution in [0.5, 0.6) is 0 Å². The van der Waals surface area contributed by atoms with E-state index in [4.69, 9.17) is 0 Å². The summed E-state index contributed by atoms with van der Waals surface area (Å²) in [6.45, 7) is 9.24. The molecular weight excluding hydrogens is 408 g/mol. The van der Waals surface area contributed by atoms with Crippen molar-refractivity contribution in [2.24, 2.45) is 5.41 Å². The molecule has 184 valence electrons. The van der Waals surface area contributed by atoms with Gasteiger partial charge in [0, 0.05) is 0 Å². The molecule has 0 heterocycles. The SMILES string of the molecule is CCCCCCCCC1(CCCCCCCC)C=C2c3cc(C)ccc3-c3ccc(C)c(c32)C1. The van der Waals surface area contributed by atoms with Crippen LogP contribution >= 0.6 is 0 Å². The van der Waals surface area contributed by atoms with Gasteiger partial charge in [-0.1, -0.05) is 133 Å². The fourth-order valence-electron chi connectivity index (χ4n) is 6.58. The van der Waals surface area contributed by atoms with Crippen LogP contribution in [0.4, 0.5) is 0 Å². The summed E-state index contributed by atoms with van der Waals surface area (Å²) in [5, 5.41) is 0. The quantitative estimate of drug-likeness (QED) is 0.212. The zero-order chi connectivity index (χ0) is 24.0. The first-order chi connectivity index (χ1) is 16.6. The van der Waals surface area contributed by atoms with Crippen molar-refractivity contribution in [3.63, 3.8) is 0 Å². The van der Waals surface area contributed by atoms with Crippen LogP contribution in [0.3, 0.4) is 0 Å². The fourth-order valence-corrected chi connectivity index (χ4v) is 6.58. The van der Waals surface area contributed by atoms with Crippen molar-refractivity contribution in [3.05, 3.63) is 64.2 Å². The third kappa shape index (κ3) is 5.53. The summed E-state index contributed by atoms with van der Waals surface area (Å²) in [5.74, 6) is 0. The molecule has 0 saturated carbocycles. The van der Waals surface area contributed by atoms with Gasteiger partial charge in [0.25, 0.3) is 0 Å². The van der Waals surface area contributed by atoms with E-state index in [2.05, 4.69) is 64.1 Å². The van der Waals surface area contributed by atoms with Crippen LogP contribution in [0, 0.1) is 19.3 Å². The first-order valence-electron chi connectivity index (χ1n) is 14.6. The second-order valence-electron chi connectivity index (χ2n) is 11.5. The molecule has 34 heavy (non-hydrogen) atoms. The van der Waals surface area contributed by atoms with E-state index in [9.17, 15) is 0 Å². The Morgan fingerprint density at radius 1 is 0.647 bits per heavy atom. The van der Waals surface area contributed by atoms with E-state index >= 15 is 0 Å². The van der Waals surface area contributed by atoms with Gasteiger partial charge in [0.2, 0.25) is 0 Å². The minimum atomic E-state index is 0.340. The molecule has 0 spiro atoms. The van der Waals surface area contributed by atoms with Crippen molar-refractivity contribution >= 4 is 5.57 Å². The van der Waals surface area contributed by atoms with Gasteiger partial charge in [0.05, 0.1) is 0 Å². The number of hydrogen-bond acceptors (Lipinski definition) is 0. The summed E-state index contributed by atoms with van der Waals surface area (Å²) < 4.78 is 0. The van der Waals surface area contributed by atoms with Gasteiger partial charge >= 0.3 is 0 Å². The fraction of sp³-hybridized carbons (Fsp3) is 0.588. The topological polar surface area (TPSA) is 0 Å². The second-order valence-corrected chi connectivity index (χ2v) is 11.5. The number of rotatable bonds is 14. The molecule has 0 N–H and O–H groups in total. The molecule has 0 aliphatic heterocycles. The predicted molar refractivity (Wildman–Crippen MR) is 151 cm³/mol. The Morgan fingerprint density at radius 2 is 1.24 bits per heavy atom. The third-order valence-corrected chi connectivity index (χ3v) is 8.61. The highest BCUT2D eigenvalue weighted by Gasteiger charge is 2.38. The van der Waals surface area contributed by atoms with Crippen molar-refractivity contribution in [1.82, 2.24) is 0 Å². The molecular formula is C34H48. The van der Waals surface area contributed by atoms with Crippen LogP contribution in [0.2, 0.25) is 0 Å². The maximum atomic E-state index is 2.78. The molecule has 2 aromatic rings. The second kappa shape index (κ2) is 11.7. The maximum Gasteiger partial charge on any atom is -0.00669 e. The molecule has 0 amide bonds. The first-order valence-corrected chi connectivity index (χ1v) is 14.6. The van der Waals surface area contributed by atoms with Crippen LogP contribution in [-0.4, -0.2) is 0 Å². The molecule has 0 atom stereocenters. The van der Waals surface area contributed by atoms with E-state index in [1.165, 1.54) is 124 Å². The van der Waals surface area contributed by atoms with Gasteiger partial charge in [-0.25, -0.2) is 0 Å². The highest BCUT2D eigenvalue weighted by atomic mass is 14.4. The maximum absolute atomic E-state index is 2.78. The molecule has 0 bridgehead atoms. The van der Waals surface area contributed by atoms with Gasteiger partial charge < -0.3 is 0 Å². The van der Waals surface area contributed by atoms with Crippen LogP contribution in [0.25, 0.3) is 16.7 Å². The molecule has 0 unspecified atom stereocenters. The Labute approximate surface area is 210 Å². The van der Waals surface area contributed by atoms with Crippen molar-refractivity contribution in [2.45, 2.75) is 124 Å². The number of allylic oxidation sites excluding steroid dienone is 1. The van der Waals surface area contributed by atoms with Crippen molar-refractivity contribution < 1.29 is 0 Å². The molecule has 0 aromatic heterocycles. The minimum absolute atomic E-state index is 0.340. The lowest BCUT2D eigenvalue weighted by atomic mass is 9.67. The Bertz CT molecular complexity index is 973. The lowest BCUT2D eigenvalue weighted by molar-refractivity contribution is 0.291. The molecule has 0 radical (unpaired) electrons. The van der Waals surface area contributed by atoms with E-state index in [1.54, 1.807) is 16.7 Å². The van der Waals surface area contributed by atoms with Crippen LogP contribution in [0.15, 0.2) is 36.4 Å². The Kier molecular flexibility index (Phi) is 8.73.